The average molecular weight is 819 g/mol. The number of likely N-dealkylation sites (tertiary alicyclic amines) is 1. The van der Waals surface area contributed by atoms with Gasteiger partial charge >= 0.3 is 0 Å². The highest BCUT2D eigenvalue weighted by Gasteiger charge is 2.45. The van der Waals surface area contributed by atoms with Crippen molar-refractivity contribution in [1.82, 2.24) is 40.2 Å². The van der Waals surface area contributed by atoms with Crippen molar-refractivity contribution in [2.24, 2.45) is 5.92 Å². The number of nitrogens with one attached hydrogen (secondary N) is 2. The van der Waals surface area contributed by atoms with Gasteiger partial charge in [0.2, 0.25) is 11.8 Å². The number of H-pyrrole nitrogens is 1. The first-order valence-corrected chi connectivity index (χ1v) is 21.5. The lowest BCUT2D eigenvalue weighted by Gasteiger charge is -2.43. The van der Waals surface area contributed by atoms with E-state index in [1.807, 2.05) is 24.3 Å². The van der Waals surface area contributed by atoms with Crippen LogP contribution in [0.3, 0.4) is 0 Å². The number of benzene rings is 2. The highest BCUT2D eigenvalue weighted by molar-refractivity contribution is 6.23. The van der Waals surface area contributed by atoms with E-state index < -0.39 is 35.3 Å². The fourth-order valence-corrected chi connectivity index (χ4v) is 9.69. The van der Waals surface area contributed by atoms with E-state index in [-0.39, 0.29) is 29.6 Å². The lowest BCUT2D eigenvalue weighted by atomic mass is 9.90. The van der Waals surface area contributed by atoms with Gasteiger partial charge in [-0.3, -0.25) is 39.4 Å². The molecular weight excluding hydrogens is 768 g/mol. The number of fused-ring (bicyclic) bond motifs is 2. The number of hydrogen-bond acceptors (Lipinski definition) is 12. The number of halogens is 1. The molecule has 2 aromatic carbocycles. The predicted octanol–water partition coefficient (Wildman–Crippen LogP) is 4.20. The minimum absolute atomic E-state index is 0.0600. The van der Waals surface area contributed by atoms with E-state index in [1.54, 1.807) is 18.5 Å². The minimum Gasteiger partial charge on any atom is -0.488 e. The first kappa shape index (κ1) is 38.7. The van der Waals surface area contributed by atoms with Crippen LogP contribution >= 0.6 is 0 Å². The van der Waals surface area contributed by atoms with Gasteiger partial charge < -0.3 is 19.4 Å². The molecule has 7 heterocycles. The number of ether oxygens (including phenoxy) is 1. The molecule has 4 aromatic rings. The zero-order valence-corrected chi connectivity index (χ0v) is 34.0. The molecule has 4 saturated heterocycles. The highest BCUT2D eigenvalue weighted by Crippen LogP contribution is 2.41. The molecule has 5 fully saturated rings. The molecule has 0 bridgehead atoms. The summed E-state index contributed by atoms with van der Waals surface area (Å²) in [5.41, 5.74) is 2.59. The molecule has 5 aliphatic heterocycles. The summed E-state index contributed by atoms with van der Waals surface area (Å²) in [5, 5.41) is 11.0. The number of alkyl halides is 1. The Balaban J connectivity index is 0.678. The van der Waals surface area contributed by atoms with Crippen LogP contribution in [0.2, 0.25) is 0 Å². The third kappa shape index (κ3) is 7.59. The third-order valence-electron chi connectivity index (χ3n) is 13.6. The van der Waals surface area contributed by atoms with Gasteiger partial charge in [-0.15, -0.1) is 0 Å². The Morgan fingerprint density at radius 3 is 2.32 bits per heavy atom. The topological polar surface area (TPSA) is 160 Å². The second-order valence-corrected chi connectivity index (χ2v) is 17.9. The van der Waals surface area contributed by atoms with E-state index in [1.165, 1.54) is 0 Å². The Labute approximate surface area is 347 Å². The summed E-state index contributed by atoms with van der Waals surface area (Å²) >= 11 is 0. The van der Waals surface area contributed by atoms with Crippen LogP contribution in [0.15, 0.2) is 48.8 Å². The van der Waals surface area contributed by atoms with Gasteiger partial charge in [-0.05, 0) is 94.2 Å². The second-order valence-electron chi connectivity index (χ2n) is 17.9. The second kappa shape index (κ2) is 15.2. The highest BCUT2D eigenvalue weighted by atomic mass is 19.1. The summed E-state index contributed by atoms with van der Waals surface area (Å²) in [7, 11) is 0. The number of imide groups is 2. The summed E-state index contributed by atoms with van der Waals surface area (Å²) in [4.78, 5) is 69.9. The zero-order valence-electron chi connectivity index (χ0n) is 34.0. The summed E-state index contributed by atoms with van der Waals surface area (Å²) in [6.07, 6.45) is 7.13. The smallest absolute Gasteiger partial charge is 0.262 e. The van der Waals surface area contributed by atoms with Crippen molar-refractivity contribution in [2.45, 2.75) is 75.6 Å². The maximum absolute atomic E-state index is 16.3. The molecule has 0 radical (unpaired) electrons. The lowest BCUT2D eigenvalue weighted by molar-refractivity contribution is -0.136. The average Bonchev–Trinajstić information content (AvgIpc) is 3.73. The molecule has 314 valence electrons. The van der Waals surface area contributed by atoms with Crippen LogP contribution in [0.4, 0.5) is 15.9 Å². The summed E-state index contributed by atoms with van der Waals surface area (Å²) in [5.74, 6) is 0.262. The molecule has 2 N–H and O–H groups in total. The number of anilines is 2. The molecule has 1 aliphatic carbocycles. The number of hydrogen-bond donors (Lipinski definition) is 2. The number of piperidine rings is 3. The predicted molar refractivity (Wildman–Crippen MR) is 222 cm³/mol. The largest absolute Gasteiger partial charge is 0.488 e. The summed E-state index contributed by atoms with van der Waals surface area (Å²) in [6, 6.07) is 12.3. The number of carbonyl (C=O) groups is 4. The van der Waals surface area contributed by atoms with Crippen LogP contribution in [0.1, 0.15) is 79.0 Å². The molecule has 1 atom stereocenters. The van der Waals surface area contributed by atoms with Crippen LogP contribution in [0.5, 0.6) is 5.75 Å². The Kier molecular flexibility index (Phi) is 9.81. The minimum atomic E-state index is -1.23. The maximum Gasteiger partial charge on any atom is 0.262 e. The van der Waals surface area contributed by atoms with Crippen molar-refractivity contribution in [3.05, 3.63) is 59.9 Å². The first-order chi connectivity index (χ1) is 29.0. The molecule has 4 amide bonds. The molecule has 16 heteroatoms. The molecule has 0 spiro atoms. The number of rotatable bonds is 10. The van der Waals surface area contributed by atoms with Crippen molar-refractivity contribution in [2.75, 3.05) is 75.2 Å². The maximum atomic E-state index is 16.3. The summed E-state index contributed by atoms with van der Waals surface area (Å²) in [6.45, 7) is 9.61. The van der Waals surface area contributed by atoms with Crippen molar-refractivity contribution < 1.29 is 28.3 Å². The normalized spacial score (nSPS) is 23.6. The Hall–Kier alpha value is -5.48. The van der Waals surface area contributed by atoms with Gasteiger partial charge in [-0.2, -0.15) is 5.10 Å². The molecule has 15 nitrogen and oxygen atoms in total. The Morgan fingerprint density at radius 1 is 0.800 bits per heavy atom. The zero-order chi connectivity index (χ0) is 41.2. The van der Waals surface area contributed by atoms with Gasteiger partial charge in [0.1, 0.15) is 40.9 Å². The SMILES string of the molecule is CC1(Oc2ccc3[nH]nc(-c4cc(N5CCC(CN6CCC(F)(CN7CCN(c8ccc9c(c8)C(=O)N(C8CCC(=O)NC8=O)C9=O)CC7)CC6)CC5)ncn4)c3c2)CC1. The van der Waals surface area contributed by atoms with Gasteiger partial charge in [0.15, 0.2) is 0 Å². The van der Waals surface area contributed by atoms with Crippen molar-refractivity contribution >= 4 is 46.0 Å². The van der Waals surface area contributed by atoms with E-state index in [0.717, 1.165) is 103 Å². The van der Waals surface area contributed by atoms with Gasteiger partial charge in [0, 0.05) is 89.0 Å². The van der Waals surface area contributed by atoms with E-state index in [9.17, 15) is 19.2 Å². The molecular formula is C44H51FN10O5. The van der Waals surface area contributed by atoms with Crippen LogP contribution in [-0.4, -0.2) is 141 Å². The van der Waals surface area contributed by atoms with E-state index in [2.05, 4.69) is 58.1 Å². The number of piperazine rings is 1. The monoisotopic (exact) mass is 818 g/mol. The number of carbonyl (C=O) groups excluding carboxylic acids is 4. The van der Waals surface area contributed by atoms with E-state index in [4.69, 9.17) is 4.74 Å². The van der Waals surface area contributed by atoms with E-state index >= 15 is 4.39 Å². The van der Waals surface area contributed by atoms with Gasteiger partial charge in [0.25, 0.3) is 11.8 Å². The van der Waals surface area contributed by atoms with Gasteiger partial charge in [-0.25, -0.2) is 14.4 Å². The fourth-order valence-electron chi connectivity index (χ4n) is 9.69. The van der Waals surface area contributed by atoms with Crippen LogP contribution in [-0.2, 0) is 9.59 Å². The number of nitrogens with zero attached hydrogens (tertiary/aromatic N) is 8. The first-order valence-electron chi connectivity index (χ1n) is 21.5. The Bertz CT molecular complexity index is 2340. The molecule has 10 rings (SSSR count). The van der Waals surface area contributed by atoms with E-state index in [0.29, 0.717) is 51.5 Å². The van der Waals surface area contributed by atoms with Gasteiger partial charge in [0.05, 0.1) is 22.3 Å². The molecule has 1 unspecified atom stereocenters. The summed E-state index contributed by atoms with van der Waals surface area (Å²) < 4.78 is 22.5. The quantitative estimate of drug-likeness (QED) is 0.220. The van der Waals surface area contributed by atoms with Crippen molar-refractivity contribution in [3.63, 3.8) is 0 Å². The standard InChI is InChI=1S/C44H51FN10O5/c1-43(10-11-43)60-30-3-5-34-33(23-30)39(50-49-34)35-24-37(47-27-46-35)54-14-8-28(9-15-54)25-51-16-12-44(45,13-17-51)26-52-18-20-53(21-19-52)29-2-4-31-32(22-29)42(59)55(41(31)58)36-6-7-38(56)48-40(36)57/h2-5,22-24,27-28,36H,6-21,25-26H2,1H3,(H,49,50)(H,48,56,57). The molecule has 6 aliphatic rings. The fraction of sp³-hybridized carbons (Fsp3) is 0.523. The van der Waals surface area contributed by atoms with Crippen molar-refractivity contribution in [3.8, 4) is 17.1 Å². The van der Waals surface area contributed by atoms with Gasteiger partial charge in [-0.1, -0.05) is 0 Å². The molecule has 2 aromatic heterocycles. The number of aromatic amines is 1. The molecule has 60 heavy (non-hydrogen) atoms. The van der Waals surface area contributed by atoms with Crippen LogP contribution in [0.25, 0.3) is 22.3 Å². The number of aromatic nitrogens is 4. The third-order valence-corrected chi connectivity index (χ3v) is 13.6. The lowest BCUT2D eigenvalue weighted by Crippen LogP contribution is -2.54. The molecule has 1 saturated carbocycles. The van der Waals surface area contributed by atoms with Crippen molar-refractivity contribution in [1.29, 1.82) is 0 Å². The van der Waals surface area contributed by atoms with Crippen LogP contribution < -0.4 is 19.9 Å². The number of amides is 4. The van der Waals surface area contributed by atoms with Crippen LogP contribution in [0, 0.1) is 5.92 Å². The Morgan fingerprint density at radius 2 is 1.57 bits per heavy atom.